The van der Waals surface area contributed by atoms with Crippen LogP contribution in [0.2, 0.25) is 0 Å². The number of alkyl halides is 3. The van der Waals surface area contributed by atoms with E-state index in [9.17, 15) is 18.0 Å². The van der Waals surface area contributed by atoms with Gasteiger partial charge in [0.15, 0.2) is 5.69 Å². The Morgan fingerprint density at radius 1 is 1.25 bits per heavy atom. The van der Waals surface area contributed by atoms with Crippen LogP contribution in [0.4, 0.5) is 24.8 Å². The van der Waals surface area contributed by atoms with Gasteiger partial charge in [-0.05, 0) is 18.1 Å². The van der Waals surface area contributed by atoms with E-state index in [1.54, 1.807) is 17.0 Å². The zero-order valence-electron chi connectivity index (χ0n) is 10.2. The summed E-state index contributed by atoms with van der Waals surface area (Å²) in [5, 5.41) is 0. The van der Waals surface area contributed by atoms with E-state index in [-0.39, 0.29) is 5.95 Å². The molecule has 0 aliphatic carbocycles. The lowest BCUT2D eigenvalue weighted by molar-refractivity contribution is -0.141. The molecule has 1 aliphatic rings. The molecular weight excluding hydrogens is 271 g/mol. The monoisotopic (exact) mass is 281 g/mol. The van der Waals surface area contributed by atoms with Gasteiger partial charge in [-0.15, -0.1) is 0 Å². The van der Waals surface area contributed by atoms with Crippen LogP contribution in [0.15, 0.2) is 35.1 Å². The van der Waals surface area contributed by atoms with E-state index in [1.807, 2.05) is 12.1 Å². The standard InChI is InChI=1S/C13H10F3N3O/c14-13(15,16)10-7-11(20)18-12(17-10)19-6-5-8-3-1-2-4-9(8)19/h1-4,7H,5-6H2,(H,17,18,20). The predicted molar refractivity (Wildman–Crippen MR) is 67.0 cm³/mol. The van der Waals surface area contributed by atoms with Crippen LogP contribution >= 0.6 is 0 Å². The minimum Gasteiger partial charge on any atom is -0.311 e. The van der Waals surface area contributed by atoms with Crippen LogP contribution in [0.25, 0.3) is 0 Å². The van der Waals surface area contributed by atoms with Crippen molar-refractivity contribution < 1.29 is 13.2 Å². The van der Waals surface area contributed by atoms with E-state index in [2.05, 4.69) is 9.97 Å². The maximum Gasteiger partial charge on any atom is 0.433 e. The highest BCUT2D eigenvalue weighted by molar-refractivity contribution is 5.65. The number of rotatable bonds is 1. The van der Waals surface area contributed by atoms with Crippen LogP contribution in [-0.4, -0.2) is 16.5 Å². The Bertz CT molecular complexity index is 708. The molecule has 0 bridgehead atoms. The smallest absolute Gasteiger partial charge is 0.311 e. The van der Waals surface area contributed by atoms with Gasteiger partial charge in [0.2, 0.25) is 5.95 Å². The molecule has 7 heteroatoms. The first-order chi connectivity index (χ1) is 9.45. The normalized spacial score (nSPS) is 14.4. The van der Waals surface area contributed by atoms with E-state index in [4.69, 9.17) is 0 Å². The van der Waals surface area contributed by atoms with Gasteiger partial charge in [0.1, 0.15) is 0 Å². The molecule has 0 atom stereocenters. The fourth-order valence-corrected chi connectivity index (χ4v) is 2.28. The van der Waals surface area contributed by atoms with E-state index < -0.39 is 17.4 Å². The maximum absolute atomic E-state index is 12.7. The molecule has 0 unspecified atom stereocenters. The number of fused-ring (bicyclic) bond motifs is 1. The van der Waals surface area contributed by atoms with Gasteiger partial charge in [-0.1, -0.05) is 18.2 Å². The molecule has 20 heavy (non-hydrogen) atoms. The summed E-state index contributed by atoms with van der Waals surface area (Å²) in [5.74, 6) is -0.0743. The van der Waals surface area contributed by atoms with E-state index >= 15 is 0 Å². The van der Waals surface area contributed by atoms with Crippen molar-refractivity contribution in [3.63, 3.8) is 0 Å². The number of anilines is 2. The summed E-state index contributed by atoms with van der Waals surface area (Å²) >= 11 is 0. The molecule has 1 aliphatic heterocycles. The lowest BCUT2D eigenvalue weighted by Gasteiger charge is -2.18. The number of aromatic amines is 1. The molecule has 2 heterocycles. The van der Waals surface area contributed by atoms with Gasteiger partial charge in [-0.25, -0.2) is 4.98 Å². The van der Waals surface area contributed by atoms with Crippen molar-refractivity contribution in [1.82, 2.24) is 9.97 Å². The number of aromatic nitrogens is 2. The van der Waals surface area contributed by atoms with Crippen molar-refractivity contribution >= 4 is 11.6 Å². The van der Waals surface area contributed by atoms with Crippen molar-refractivity contribution in [2.24, 2.45) is 0 Å². The van der Waals surface area contributed by atoms with Gasteiger partial charge in [0, 0.05) is 18.3 Å². The van der Waals surface area contributed by atoms with Crippen LogP contribution in [0, 0.1) is 0 Å². The largest absolute Gasteiger partial charge is 0.433 e. The fraction of sp³-hybridized carbons (Fsp3) is 0.231. The lowest BCUT2D eigenvalue weighted by Crippen LogP contribution is -2.23. The molecule has 1 N–H and O–H groups in total. The molecule has 3 rings (SSSR count). The minimum atomic E-state index is -4.64. The minimum absolute atomic E-state index is 0.0743. The molecule has 0 fully saturated rings. The number of hydrogen-bond acceptors (Lipinski definition) is 3. The first kappa shape index (κ1) is 12.7. The van der Waals surface area contributed by atoms with Gasteiger partial charge >= 0.3 is 6.18 Å². The highest BCUT2D eigenvalue weighted by Gasteiger charge is 2.34. The summed E-state index contributed by atoms with van der Waals surface area (Å²) in [6.07, 6.45) is -3.93. The van der Waals surface area contributed by atoms with Crippen molar-refractivity contribution in [2.75, 3.05) is 11.4 Å². The SMILES string of the molecule is O=c1cc(C(F)(F)F)nc(N2CCc3ccccc32)[nH]1. The van der Waals surface area contributed by atoms with Gasteiger partial charge < -0.3 is 4.90 Å². The van der Waals surface area contributed by atoms with Crippen LogP contribution in [0.1, 0.15) is 11.3 Å². The highest BCUT2D eigenvalue weighted by atomic mass is 19.4. The molecule has 0 saturated heterocycles. The number of nitrogens with zero attached hydrogens (tertiary/aromatic N) is 2. The van der Waals surface area contributed by atoms with E-state index in [0.717, 1.165) is 11.3 Å². The summed E-state index contributed by atoms with van der Waals surface area (Å²) in [6.45, 7) is 0.490. The topological polar surface area (TPSA) is 49.0 Å². The second kappa shape index (κ2) is 4.36. The van der Waals surface area contributed by atoms with E-state index in [0.29, 0.717) is 19.0 Å². The Morgan fingerprint density at radius 3 is 2.75 bits per heavy atom. The Labute approximate surface area is 111 Å². The molecule has 4 nitrogen and oxygen atoms in total. The molecule has 1 aromatic heterocycles. The van der Waals surface area contributed by atoms with Crippen LogP contribution in [0.3, 0.4) is 0 Å². The molecule has 2 aromatic rings. The van der Waals surface area contributed by atoms with Crippen molar-refractivity contribution in [3.05, 3.63) is 51.9 Å². The number of benzene rings is 1. The van der Waals surface area contributed by atoms with Crippen molar-refractivity contribution in [2.45, 2.75) is 12.6 Å². The number of H-pyrrole nitrogens is 1. The molecule has 104 valence electrons. The summed E-state index contributed by atoms with van der Waals surface area (Å²) in [6, 6.07) is 7.82. The molecule has 0 saturated carbocycles. The van der Waals surface area contributed by atoms with Gasteiger partial charge in [-0.2, -0.15) is 13.2 Å². The molecule has 0 radical (unpaired) electrons. The van der Waals surface area contributed by atoms with Gasteiger partial charge in [-0.3, -0.25) is 9.78 Å². The Hall–Kier alpha value is -2.31. The second-order valence-electron chi connectivity index (χ2n) is 4.48. The van der Waals surface area contributed by atoms with E-state index in [1.165, 1.54) is 0 Å². The average molecular weight is 281 g/mol. The Kier molecular flexibility index (Phi) is 2.77. The third-order valence-corrected chi connectivity index (χ3v) is 3.16. The lowest BCUT2D eigenvalue weighted by atomic mass is 10.2. The van der Waals surface area contributed by atoms with Gasteiger partial charge in [0.25, 0.3) is 5.56 Å². The summed E-state index contributed by atoms with van der Waals surface area (Å²) in [5.41, 5.74) is -0.199. The second-order valence-corrected chi connectivity index (χ2v) is 4.48. The molecule has 1 aromatic carbocycles. The molecular formula is C13H10F3N3O. The number of halogens is 3. The highest BCUT2D eigenvalue weighted by Crippen LogP contribution is 2.33. The number of nitrogens with one attached hydrogen (secondary N) is 1. The quantitative estimate of drug-likeness (QED) is 0.873. The predicted octanol–water partition coefficient (Wildman–Crippen LogP) is 2.48. The average Bonchev–Trinajstić information content (AvgIpc) is 2.80. The molecule has 0 spiro atoms. The summed E-state index contributed by atoms with van der Waals surface area (Å²) in [4.78, 5) is 18.9. The summed E-state index contributed by atoms with van der Waals surface area (Å²) in [7, 11) is 0. The Balaban J connectivity index is 2.08. The van der Waals surface area contributed by atoms with Crippen molar-refractivity contribution in [1.29, 1.82) is 0 Å². The van der Waals surface area contributed by atoms with Crippen LogP contribution in [0.5, 0.6) is 0 Å². The fourth-order valence-electron chi connectivity index (χ4n) is 2.28. The third kappa shape index (κ3) is 2.15. The zero-order chi connectivity index (χ0) is 14.3. The van der Waals surface area contributed by atoms with Crippen LogP contribution < -0.4 is 10.5 Å². The number of hydrogen-bond donors (Lipinski definition) is 1. The van der Waals surface area contributed by atoms with Gasteiger partial charge in [0.05, 0.1) is 0 Å². The van der Waals surface area contributed by atoms with Crippen molar-refractivity contribution in [3.8, 4) is 0 Å². The Morgan fingerprint density at radius 2 is 2.00 bits per heavy atom. The first-order valence-corrected chi connectivity index (χ1v) is 5.99. The maximum atomic E-state index is 12.7. The third-order valence-electron chi connectivity index (χ3n) is 3.16. The number of para-hydroxylation sites is 1. The molecule has 0 amide bonds. The summed E-state index contributed by atoms with van der Waals surface area (Å²) < 4.78 is 38.1. The first-order valence-electron chi connectivity index (χ1n) is 5.99. The zero-order valence-corrected chi connectivity index (χ0v) is 10.2. The van der Waals surface area contributed by atoms with Crippen LogP contribution in [-0.2, 0) is 12.6 Å².